The van der Waals surface area contributed by atoms with Gasteiger partial charge >= 0.3 is 0 Å². The van der Waals surface area contributed by atoms with Gasteiger partial charge in [-0.3, -0.25) is 0 Å². The molecule has 1 aromatic rings. The van der Waals surface area contributed by atoms with Crippen molar-refractivity contribution in [3.05, 3.63) is 36.7 Å². The minimum atomic E-state index is -3.82. The molecule has 0 aliphatic rings. The van der Waals surface area contributed by atoms with Crippen molar-refractivity contribution in [1.29, 1.82) is 0 Å². The zero-order valence-electron chi connectivity index (χ0n) is 10.4. The lowest BCUT2D eigenvalue weighted by atomic mass is 10.3. The number of sulfonamides is 1. The molecule has 0 saturated heterocycles. The third kappa shape index (κ3) is 2.88. The fourth-order valence-corrected chi connectivity index (χ4v) is 3.31. The third-order valence-corrected chi connectivity index (χ3v) is 4.54. The summed E-state index contributed by atoms with van der Waals surface area (Å²) >= 11 is 0. The SMILES string of the molecule is C=CCN(C(C)C)S(=O)(=O)c1cc(F)ccc1N. The summed E-state index contributed by atoms with van der Waals surface area (Å²) in [6, 6.07) is 3.04. The maximum Gasteiger partial charge on any atom is 0.245 e. The number of hydrogen-bond acceptors (Lipinski definition) is 3. The summed E-state index contributed by atoms with van der Waals surface area (Å²) < 4.78 is 39.1. The normalized spacial score (nSPS) is 12.1. The van der Waals surface area contributed by atoms with Crippen molar-refractivity contribution < 1.29 is 12.8 Å². The molecule has 0 aliphatic heterocycles. The molecule has 6 heteroatoms. The molecule has 0 unspecified atom stereocenters. The first-order valence-electron chi connectivity index (χ1n) is 5.48. The number of halogens is 1. The second kappa shape index (κ2) is 5.49. The van der Waals surface area contributed by atoms with Gasteiger partial charge in [0.2, 0.25) is 10.0 Å². The van der Waals surface area contributed by atoms with Crippen LogP contribution in [0.3, 0.4) is 0 Å². The number of anilines is 1. The minimum Gasteiger partial charge on any atom is -0.398 e. The van der Waals surface area contributed by atoms with Gasteiger partial charge in [-0.15, -0.1) is 6.58 Å². The highest BCUT2D eigenvalue weighted by atomic mass is 32.2. The van der Waals surface area contributed by atoms with Gasteiger partial charge in [0.1, 0.15) is 10.7 Å². The highest BCUT2D eigenvalue weighted by Gasteiger charge is 2.28. The maximum atomic E-state index is 13.2. The lowest BCUT2D eigenvalue weighted by molar-refractivity contribution is 0.383. The minimum absolute atomic E-state index is 0.0334. The molecule has 4 nitrogen and oxygen atoms in total. The van der Waals surface area contributed by atoms with E-state index in [0.717, 1.165) is 12.1 Å². The Labute approximate surface area is 107 Å². The average molecular weight is 272 g/mol. The second-order valence-corrected chi connectivity index (χ2v) is 6.00. The van der Waals surface area contributed by atoms with E-state index < -0.39 is 15.8 Å². The van der Waals surface area contributed by atoms with Crippen LogP contribution in [0.1, 0.15) is 13.8 Å². The van der Waals surface area contributed by atoms with Crippen LogP contribution < -0.4 is 5.73 Å². The highest BCUT2D eigenvalue weighted by molar-refractivity contribution is 7.89. The lowest BCUT2D eigenvalue weighted by Gasteiger charge is -2.25. The van der Waals surface area contributed by atoms with Crippen LogP contribution in [-0.2, 0) is 10.0 Å². The molecule has 0 aromatic heterocycles. The fraction of sp³-hybridized carbons (Fsp3) is 0.333. The molecule has 0 heterocycles. The summed E-state index contributed by atoms with van der Waals surface area (Å²) in [7, 11) is -3.82. The molecule has 0 aliphatic carbocycles. The predicted octanol–water partition coefficient (Wildman–Crippen LogP) is 1.99. The molecule has 100 valence electrons. The van der Waals surface area contributed by atoms with Gasteiger partial charge in [-0.05, 0) is 32.0 Å². The Kier molecular flexibility index (Phi) is 4.48. The van der Waals surface area contributed by atoms with Gasteiger partial charge in [0.25, 0.3) is 0 Å². The molecule has 0 radical (unpaired) electrons. The number of nitrogens with two attached hydrogens (primary N) is 1. The molecule has 18 heavy (non-hydrogen) atoms. The van der Waals surface area contributed by atoms with Crippen molar-refractivity contribution in [1.82, 2.24) is 4.31 Å². The van der Waals surface area contributed by atoms with Crippen molar-refractivity contribution in [3.63, 3.8) is 0 Å². The molecule has 0 amide bonds. The Morgan fingerprint density at radius 3 is 2.61 bits per heavy atom. The molecule has 0 bridgehead atoms. The third-order valence-electron chi connectivity index (χ3n) is 2.45. The first kappa shape index (κ1) is 14.7. The van der Waals surface area contributed by atoms with E-state index >= 15 is 0 Å². The van der Waals surface area contributed by atoms with Crippen molar-refractivity contribution in [3.8, 4) is 0 Å². The summed E-state index contributed by atoms with van der Waals surface area (Å²) in [4.78, 5) is -0.210. The first-order valence-corrected chi connectivity index (χ1v) is 6.92. The number of hydrogen-bond donors (Lipinski definition) is 1. The van der Waals surface area contributed by atoms with Crippen LogP contribution in [0.2, 0.25) is 0 Å². The fourth-order valence-electron chi connectivity index (χ4n) is 1.57. The molecule has 0 fully saturated rings. The van der Waals surface area contributed by atoms with E-state index in [2.05, 4.69) is 6.58 Å². The second-order valence-electron chi connectivity index (χ2n) is 4.14. The van der Waals surface area contributed by atoms with E-state index in [0.29, 0.717) is 0 Å². The van der Waals surface area contributed by atoms with E-state index in [1.807, 2.05) is 0 Å². The Morgan fingerprint density at radius 2 is 2.11 bits per heavy atom. The lowest BCUT2D eigenvalue weighted by Crippen LogP contribution is -2.37. The van der Waals surface area contributed by atoms with E-state index in [-0.39, 0.29) is 23.2 Å². The van der Waals surface area contributed by atoms with E-state index in [4.69, 9.17) is 5.73 Å². The number of nitrogens with zero attached hydrogens (tertiary/aromatic N) is 1. The Hall–Kier alpha value is -1.40. The van der Waals surface area contributed by atoms with Crippen LogP contribution in [0, 0.1) is 5.82 Å². The van der Waals surface area contributed by atoms with Crippen LogP contribution in [0.4, 0.5) is 10.1 Å². The predicted molar refractivity (Wildman–Crippen MR) is 70.0 cm³/mol. The number of nitrogen functional groups attached to an aromatic ring is 1. The molecule has 0 spiro atoms. The average Bonchev–Trinajstić information content (AvgIpc) is 2.28. The first-order chi connectivity index (χ1) is 8.30. The molecule has 1 aromatic carbocycles. The zero-order chi connectivity index (χ0) is 13.9. The van der Waals surface area contributed by atoms with Crippen LogP contribution >= 0.6 is 0 Å². The molecule has 0 saturated carbocycles. The monoisotopic (exact) mass is 272 g/mol. The van der Waals surface area contributed by atoms with Gasteiger partial charge in [-0.1, -0.05) is 6.08 Å². The van der Waals surface area contributed by atoms with E-state index in [9.17, 15) is 12.8 Å². The van der Waals surface area contributed by atoms with Crippen molar-refractivity contribution in [2.45, 2.75) is 24.8 Å². The number of benzene rings is 1. The van der Waals surface area contributed by atoms with Crippen molar-refractivity contribution in [2.75, 3.05) is 12.3 Å². The largest absolute Gasteiger partial charge is 0.398 e. The summed E-state index contributed by atoms with van der Waals surface area (Å²) in [6.07, 6.45) is 1.48. The van der Waals surface area contributed by atoms with E-state index in [1.54, 1.807) is 13.8 Å². The standard InChI is InChI=1S/C12H17FN2O2S/c1-4-7-15(9(2)3)18(16,17)12-8-10(13)5-6-11(12)14/h4-6,8-9H,1,7,14H2,2-3H3. The van der Waals surface area contributed by atoms with Crippen LogP contribution in [0.5, 0.6) is 0 Å². The maximum absolute atomic E-state index is 13.2. The topological polar surface area (TPSA) is 63.4 Å². The Morgan fingerprint density at radius 1 is 1.50 bits per heavy atom. The Bertz CT molecular complexity index is 541. The van der Waals surface area contributed by atoms with Crippen LogP contribution in [0.25, 0.3) is 0 Å². The smallest absolute Gasteiger partial charge is 0.245 e. The van der Waals surface area contributed by atoms with Gasteiger partial charge < -0.3 is 5.73 Å². The van der Waals surface area contributed by atoms with Gasteiger partial charge in [-0.25, -0.2) is 12.8 Å². The van der Waals surface area contributed by atoms with Gasteiger partial charge in [0.15, 0.2) is 0 Å². The summed E-state index contributed by atoms with van der Waals surface area (Å²) in [6.45, 7) is 7.13. The van der Waals surface area contributed by atoms with Crippen LogP contribution in [-0.4, -0.2) is 25.3 Å². The van der Waals surface area contributed by atoms with Gasteiger partial charge in [0.05, 0.1) is 5.69 Å². The summed E-state index contributed by atoms with van der Waals surface area (Å²) in [5, 5.41) is 0. The molecule has 0 atom stereocenters. The van der Waals surface area contributed by atoms with Crippen molar-refractivity contribution in [2.24, 2.45) is 0 Å². The summed E-state index contributed by atoms with van der Waals surface area (Å²) in [5.74, 6) is -0.634. The number of rotatable bonds is 5. The highest BCUT2D eigenvalue weighted by Crippen LogP contribution is 2.24. The van der Waals surface area contributed by atoms with Crippen LogP contribution in [0.15, 0.2) is 35.7 Å². The van der Waals surface area contributed by atoms with Gasteiger partial charge in [-0.2, -0.15) is 4.31 Å². The molecule has 2 N–H and O–H groups in total. The quantitative estimate of drug-likeness (QED) is 0.658. The Balaban J connectivity index is 3.35. The molecular weight excluding hydrogens is 255 g/mol. The molecular formula is C12H17FN2O2S. The zero-order valence-corrected chi connectivity index (χ0v) is 11.2. The van der Waals surface area contributed by atoms with E-state index in [1.165, 1.54) is 16.4 Å². The van der Waals surface area contributed by atoms with Gasteiger partial charge in [0, 0.05) is 12.6 Å². The van der Waals surface area contributed by atoms with Crippen molar-refractivity contribution >= 4 is 15.7 Å². The summed E-state index contributed by atoms with van der Waals surface area (Å²) in [5.41, 5.74) is 5.64. The molecule has 1 rings (SSSR count).